The highest BCUT2D eigenvalue weighted by atomic mass is 16.5. The average molecular weight is 259 g/mol. The van der Waals surface area contributed by atoms with E-state index in [2.05, 4.69) is 10.1 Å². The Morgan fingerprint density at radius 3 is 2.68 bits per heavy atom. The second-order valence-electron chi connectivity index (χ2n) is 4.86. The third-order valence-corrected chi connectivity index (χ3v) is 3.53. The summed E-state index contributed by atoms with van der Waals surface area (Å²) in [6, 6.07) is 7.89. The molecule has 0 bridgehead atoms. The predicted molar refractivity (Wildman–Crippen MR) is 70.5 cm³/mol. The number of aromatic nitrogens is 2. The van der Waals surface area contributed by atoms with Gasteiger partial charge in [-0.05, 0) is 37.5 Å². The van der Waals surface area contributed by atoms with Gasteiger partial charge in [0.1, 0.15) is 6.61 Å². The maximum Gasteiger partial charge on any atom is 0.237 e. The van der Waals surface area contributed by atoms with Crippen molar-refractivity contribution in [1.82, 2.24) is 10.1 Å². The molecule has 0 amide bonds. The van der Waals surface area contributed by atoms with Crippen LogP contribution in [0.4, 0.5) is 5.69 Å². The largest absolute Gasteiger partial charge is 0.399 e. The summed E-state index contributed by atoms with van der Waals surface area (Å²) in [4.78, 5) is 4.45. The summed E-state index contributed by atoms with van der Waals surface area (Å²) in [5.41, 5.74) is 7.57. The number of hydrogen-bond acceptors (Lipinski definition) is 5. The van der Waals surface area contributed by atoms with Gasteiger partial charge in [0.2, 0.25) is 5.89 Å². The van der Waals surface area contributed by atoms with Gasteiger partial charge in [-0.15, -0.1) is 0 Å². The lowest BCUT2D eigenvalue weighted by Crippen LogP contribution is -2.09. The van der Waals surface area contributed by atoms with Gasteiger partial charge in [-0.25, -0.2) is 0 Å². The molecule has 5 nitrogen and oxygen atoms in total. The Morgan fingerprint density at radius 1 is 1.32 bits per heavy atom. The topological polar surface area (TPSA) is 74.2 Å². The smallest absolute Gasteiger partial charge is 0.237 e. The van der Waals surface area contributed by atoms with Crippen LogP contribution in [0.1, 0.15) is 37.0 Å². The molecule has 3 rings (SSSR count). The minimum atomic E-state index is -0.106. The van der Waals surface area contributed by atoms with Crippen molar-refractivity contribution < 1.29 is 9.26 Å². The lowest BCUT2D eigenvalue weighted by Gasteiger charge is -2.10. The number of nitrogens with two attached hydrogens (primary N) is 1. The van der Waals surface area contributed by atoms with Crippen molar-refractivity contribution in [1.29, 1.82) is 0 Å². The highest BCUT2D eigenvalue weighted by Crippen LogP contribution is 2.52. The van der Waals surface area contributed by atoms with E-state index in [1.54, 1.807) is 0 Å². The zero-order valence-corrected chi connectivity index (χ0v) is 10.9. The molecule has 2 N–H and O–H groups in total. The minimum Gasteiger partial charge on any atom is -0.399 e. The van der Waals surface area contributed by atoms with Crippen LogP contribution in [0.5, 0.6) is 0 Å². The monoisotopic (exact) mass is 259 g/mol. The van der Waals surface area contributed by atoms with Gasteiger partial charge in [0, 0.05) is 12.3 Å². The first-order chi connectivity index (χ1) is 9.24. The van der Waals surface area contributed by atoms with Gasteiger partial charge in [-0.3, -0.25) is 0 Å². The van der Waals surface area contributed by atoms with Crippen LogP contribution >= 0.6 is 0 Å². The van der Waals surface area contributed by atoms with Crippen LogP contribution in [0.15, 0.2) is 28.8 Å². The van der Waals surface area contributed by atoms with Gasteiger partial charge >= 0.3 is 0 Å². The first-order valence-electron chi connectivity index (χ1n) is 6.51. The zero-order chi connectivity index (χ0) is 13.3. The van der Waals surface area contributed by atoms with Crippen LogP contribution in [0, 0.1) is 0 Å². The first kappa shape index (κ1) is 12.2. The fraction of sp³-hybridized carbons (Fsp3) is 0.429. The first-order valence-corrected chi connectivity index (χ1v) is 6.51. The number of benzene rings is 1. The van der Waals surface area contributed by atoms with Gasteiger partial charge in [0.05, 0.1) is 5.41 Å². The van der Waals surface area contributed by atoms with E-state index in [4.69, 9.17) is 15.0 Å². The van der Waals surface area contributed by atoms with E-state index < -0.39 is 0 Å². The third kappa shape index (κ3) is 2.21. The SMILES string of the molecule is CCOCc1noc(C2(c3ccc(N)cc3)CC2)n1. The highest BCUT2D eigenvalue weighted by molar-refractivity contribution is 5.45. The van der Waals surface area contributed by atoms with Crippen molar-refractivity contribution in [3.8, 4) is 0 Å². The van der Waals surface area contributed by atoms with Gasteiger partial charge < -0.3 is 15.0 Å². The minimum absolute atomic E-state index is 0.106. The molecule has 0 aliphatic heterocycles. The number of nitrogen functional groups attached to an aromatic ring is 1. The summed E-state index contributed by atoms with van der Waals surface area (Å²) < 4.78 is 10.7. The molecule has 1 aromatic carbocycles. The van der Waals surface area contributed by atoms with Crippen LogP contribution in [0.2, 0.25) is 0 Å². The molecular formula is C14H17N3O2. The number of hydrogen-bond donors (Lipinski definition) is 1. The van der Waals surface area contributed by atoms with Crippen LogP contribution in [-0.2, 0) is 16.8 Å². The Bertz CT molecular complexity index is 558. The van der Waals surface area contributed by atoms with Crippen molar-refractivity contribution in [2.24, 2.45) is 0 Å². The molecule has 5 heteroatoms. The van der Waals surface area contributed by atoms with E-state index in [0.29, 0.717) is 24.9 Å². The summed E-state index contributed by atoms with van der Waals surface area (Å²) in [5, 5.41) is 3.97. The summed E-state index contributed by atoms with van der Waals surface area (Å²) in [6.07, 6.45) is 2.07. The van der Waals surface area contributed by atoms with Gasteiger partial charge in [-0.1, -0.05) is 17.3 Å². The van der Waals surface area contributed by atoms with E-state index >= 15 is 0 Å². The van der Waals surface area contributed by atoms with E-state index in [1.807, 2.05) is 31.2 Å². The molecule has 0 atom stereocenters. The second-order valence-corrected chi connectivity index (χ2v) is 4.86. The van der Waals surface area contributed by atoms with Crippen LogP contribution in [0.3, 0.4) is 0 Å². The van der Waals surface area contributed by atoms with E-state index in [1.165, 1.54) is 5.56 Å². The molecule has 0 saturated heterocycles. The molecule has 0 radical (unpaired) electrons. The molecule has 0 unspecified atom stereocenters. The molecule has 1 aliphatic rings. The summed E-state index contributed by atoms with van der Waals surface area (Å²) in [7, 11) is 0. The van der Waals surface area contributed by atoms with Crippen LogP contribution in [0.25, 0.3) is 0 Å². The Labute approximate surface area is 111 Å². The van der Waals surface area contributed by atoms with E-state index in [9.17, 15) is 0 Å². The molecule has 1 saturated carbocycles. The number of ether oxygens (including phenoxy) is 1. The van der Waals surface area contributed by atoms with Crippen molar-refractivity contribution in [3.63, 3.8) is 0 Å². The standard InChI is InChI=1S/C14H17N3O2/c1-2-18-9-12-16-13(19-17-12)14(7-8-14)10-3-5-11(15)6-4-10/h3-6H,2,7-9,15H2,1H3. The number of nitrogens with zero attached hydrogens (tertiary/aromatic N) is 2. The Hall–Kier alpha value is -1.88. The van der Waals surface area contributed by atoms with Crippen molar-refractivity contribution in [2.45, 2.75) is 31.8 Å². The van der Waals surface area contributed by atoms with Gasteiger partial charge in [-0.2, -0.15) is 4.98 Å². The molecule has 1 aromatic heterocycles. The van der Waals surface area contributed by atoms with Crippen molar-refractivity contribution in [2.75, 3.05) is 12.3 Å². The molecule has 100 valence electrons. The van der Waals surface area contributed by atoms with Gasteiger partial charge in [0.15, 0.2) is 5.82 Å². The molecule has 1 aliphatic carbocycles. The third-order valence-electron chi connectivity index (χ3n) is 3.53. The summed E-state index contributed by atoms with van der Waals surface area (Å²) >= 11 is 0. The predicted octanol–water partition coefficient (Wildman–Crippen LogP) is 2.27. The van der Waals surface area contributed by atoms with E-state index in [0.717, 1.165) is 18.5 Å². The molecule has 19 heavy (non-hydrogen) atoms. The fourth-order valence-electron chi connectivity index (χ4n) is 2.25. The van der Waals surface area contributed by atoms with E-state index in [-0.39, 0.29) is 5.41 Å². The average Bonchev–Trinajstić information content (AvgIpc) is 3.10. The maximum absolute atomic E-state index is 5.72. The maximum atomic E-state index is 5.72. The summed E-state index contributed by atoms with van der Waals surface area (Å²) in [6.45, 7) is 2.99. The summed E-state index contributed by atoms with van der Waals surface area (Å²) in [5.74, 6) is 1.30. The molecule has 0 spiro atoms. The Kier molecular flexibility index (Phi) is 2.98. The van der Waals surface area contributed by atoms with Crippen molar-refractivity contribution in [3.05, 3.63) is 41.5 Å². The van der Waals surface area contributed by atoms with Crippen molar-refractivity contribution >= 4 is 5.69 Å². The van der Waals surface area contributed by atoms with Gasteiger partial charge in [0.25, 0.3) is 0 Å². The quantitative estimate of drug-likeness (QED) is 0.834. The number of rotatable bonds is 5. The Morgan fingerprint density at radius 2 is 2.05 bits per heavy atom. The lowest BCUT2D eigenvalue weighted by molar-refractivity contribution is 0.126. The van der Waals surface area contributed by atoms with Crippen LogP contribution < -0.4 is 5.73 Å². The molecule has 1 fully saturated rings. The second kappa shape index (κ2) is 4.66. The highest BCUT2D eigenvalue weighted by Gasteiger charge is 2.50. The fourth-order valence-corrected chi connectivity index (χ4v) is 2.25. The normalized spacial score (nSPS) is 16.5. The Balaban J connectivity index is 1.84. The zero-order valence-electron chi connectivity index (χ0n) is 10.9. The number of anilines is 1. The van der Waals surface area contributed by atoms with Crippen LogP contribution in [-0.4, -0.2) is 16.7 Å². The lowest BCUT2D eigenvalue weighted by atomic mass is 9.96. The molecular weight excluding hydrogens is 242 g/mol. The molecule has 1 heterocycles. The molecule has 2 aromatic rings.